The van der Waals surface area contributed by atoms with Crippen molar-refractivity contribution in [2.45, 2.75) is 26.7 Å². The van der Waals surface area contributed by atoms with Crippen molar-refractivity contribution in [2.24, 2.45) is 5.41 Å². The molecule has 3 nitrogen and oxygen atoms in total. The van der Waals surface area contributed by atoms with E-state index in [1.165, 1.54) is 0 Å². The Kier molecular flexibility index (Phi) is 5.11. The van der Waals surface area contributed by atoms with Crippen LogP contribution in [0.2, 0.25) is 0 Å². The molecule has 7 heteroatoms. The third kappa shape index (κ3) is 3.15. The van der Waals surface area contributed by atoms with E-state index in [2.05, 4.69) is 10.3 Å². The minimum absolute atomic E-state index is 0.00671. The monoisotopic (exact) mass is 280 g/mol. The lowest BCUT2D eigenvalue weighted by atomic mass is 9.83. The first-order valence-electron chi connectivity index (χ1n) is 5.95. The summed E-state index contributed by atoms with van der Waals surface area (Å²) in [6.07, 6.45) is 1.10. The molecular weight excluding hydrogens is 264 g/mol. The molecule has 0 saturated heterocycles. The van der Waals surface area contributed by atoms with Crippen LogP contribution in [0.25, 0.3) is 0 Å². The lowest BCUT2D eigenvalue weighted by Crippen LogP contribution is -2.33. The van der Waals surface area contributed by atoms with Gasteiger partial charge in [-0.05, 0) is 12.8 Å². The number of nitrogens with zero attached hydrogens (tertiary/aromatic N) is 1. The van der Waals surface area contributed by atoms with Gasteiger partial charge in [-0.15, -0.1) is 0 Å². The van der Waals surface area contributed by atoms with Gasteiger partial charge in [-0.2, -0.15) is 22.5 Å². The van der Waals surface area contributed by atoms with Crippen molar-refractivity contribution in [3.05, 3.63) is 23.5 Å². The van der Waals surface area contributed by atoms with E-state index < -0.39 is 34.6 Å². The fourth-order valence-electron chi connectivity index (χ4n) is 1.70. The summed E-state index contributed by atoms with van der Waals surface area (Å²) in [6.45, 7) is 3.41. The maximum Gasteiger partial charge on any atom is 0.253 e. The molecule has 0 amide bonds. The van der Waals surface area contributed by atoms with Crippen molar-refractivity contribution in [3.8, 4) is 0 Å². The number of hydrogen-bond acceptors (Lipinski definition) is 3. The second-order valence-corrected chi connectivity index (χ2v) is 4.42. The van der Waals surface area contributed by atoms with E-state index in [0.717, 1.165) is 0 Å². The molecule has 1 aromatic rings. The molecule has 0 aliphatic rings. The van der Waals surface area contributed by atoms with E-state index in [4.69, 9.17) is 0 Å². The molecule has 0 saturated carbocycles. The molecule has 0 unspecified atom stereocenters. The van der Waals surface area contributed by atoms with Crippen LogP contribution in [0.1, 0.15) is 26.7 Å². The molecule has 108 valence electrons. The van der Waals surface area contributed by atoms with Crippen molar-refractivity contribution in [1.82, 2.24) is 4.98 Å². The number of aliphatic hydroxyl groups is 1. The van der Waals surface area contributed by atoms with Crippen LogP contribution >= 0.6 is 0 Å². The Hall–Kier alpha value is -1.37. The molecule has 2 N–H and O–H groups in total. The highest BCUT2D eigenvalue weighted by molar-refractivity contribution is 5.45. The second kappa shape index (κ2) is 6.18. The summed E-state index contributed by atoms with van der Waals surface area (Å²) in [5.74, 6) is -6.55. The zero-order valence-corrected chi connectivity index (χ0v) is 10.7. The molecule has 0 aliphatic carbocycles. The maximum atomic E-state index is 13.4. The van der Waals surface area contributed by atoms with Crippen LogP contribution in [0.15, 0.2) is 0 Å². The molecule has 19 heavy (non-hydrogen) atoms. The molecule has 0 aliphatic heterocycles. The smallest absolute Gasteiger partial charge is 0.253 e. The highest BCUT2D eigenvalue weighted by Crippen LogP contribution is 2.28. The number of hydrogen-bond donors (Lipinski definition) is 2. The fourth-order valence-corrected chi connectivity index (χ4v) is 1.70. The summed E-state index contributed by atoms with van der Waals surface area (Å²) in [5, 5.41) is 11.6. The summed E-state index contributed by atoms with van der Waals surface area (Å²) < 4.78 is 52.5. The number of anilines is 1. The van der Waals surface area contributed by atoms with Crippen molar-refractivity contribution in [2.75, 3.05) is 18.5 Å². The molecule has 0 spiro atoms. The summed E-state index contributed by atoms with van der Waals surface area (Å²) in [4.78, 5) is 2.47. The lowest BCUT2D eigenvalue weighted by molar-refractivity contribution is 0.127. The van der Waals surface area contributed by atoms with E-state index in [1.807, 2.05) is 13.8 Å². The van der Waals surface area contributed by atoms with Crippen molar-refractivity contribution >= 4 is 5.69 Å². The number of rotatable bonds is 6. The number of pyridine rings is 1. The summed E-state index contributed by atoms with van der Waals surface area (Å²) in [5.41, 5.74) is -1.50. The van der Waals surface area contributed by atoms with Gasteiger partial charge < -0.3 is 10.4 Å². The lowest BCUT2D eigenvalue weighted by Gasteiger charge is -2.30. The fraction of sp³-hybridized carbons (Fsp3) is 0.583. The predicted octanol–water partition coefficient (Wildman–Crippen LogP) is 2.85. The first kappa shape index (κ1) is 15.7. The predicted molar refractivity (Wildman–Crippen MR) is 62.7 cm³/mol. The highest BCUT2D eigenvalue weighted by atomic mass is 19.2. The third-order valence-corrected chi connectivity index (χ3v) is 3.47. The van der Waals surface area contributed by atoms with Gasteiger partial charge in [0.15, 0.2) is 0 Å². The minimum Gasteiger partial charge on any atom is -0.396 e. The molecule has 0 bridgehead atoms. The van der Waals surface area contributed by atoms with Gasteiger partial charge in [0.25, 0.3) is 11.9 Å². The van der Waals surface area contributed by atoms with E-state index in [0.29, 0.717) is 12.8 Å². The zero-order chi connectivity index (χ0) is 14.6. The van der Waals surface area contributed by atoms with Gasteiger partial charge in [0.2, 0.25) is 11.6 Å². The quantitative estimate of drug-likeness (QED) is 0.622. The molecule has 1 rings (SSSR count). The molecule has 0 atom stereocenters. The van der Waals surface area contributed by atoms with E-state index in [-0.39, 0.29) is 13.2 Å². The molecule has 0 fully saturated rings. The molecule has 0 aromatic carbocycles. The van der Waals surface area contributed by atoms with Crippen LogP contribution in [-0.4, -0.2) is 23.2 Å². The second-order valence-electron chi connectivity index (χ2n) is 4.42. The van der Waals surface area contributed by atoms with Crippen molar-refractivity contribution in [1.29, 1.82) is 0 Å². The SMILES string of the molecule is CCC(CC)(CO)CNc1c(F)c(F)nc(F)c1F. The highest BCUT2D eigenvalue weighted by Gasteiger charge is 2.27. The van der Waals surface area contributed by atoms with Gasteiger partial charge in [0.1, 0.15) is 5.69 Å². The number of halogens is 4. The Morgan fingerprint density at radius 3 is 1.89 bits per heavy atom. The van der Waals surface area contributed by atoms with Crippen molar-refractivity contribution in [3.63, 3.8) is 0 Å². The Balaban J connectivity index is 3.01. The Morgan fingerprint density at radius 1 is 1.05 bits per heavy atom. The van der Waals surface area contributed by atoms with E-state index in [9.17, 15) is 22.7 Å². The van der Waals surface area contributed by atoms with E-state index >= 15 is 0 Å². The summed E-state index contributed by atoms with van der Waals surface area (Å²) in [6, 6.07) is 0. The van der Waals surface area contributed by atoms with Crippen LogP contribution in [0, 0.1) is 28.9 Å². The molecule has 1 aromatic heterocycles. The third-order valence-electron chi connectivity index (χ3n) is 3.47. The minimum atomic E-state index is -1.70. The Bertz CT molecular complexity index is 415. The standard InChI is InChI=1S/C12H16F4N2O/c1-3-12(4-2,6-19)5-17-9-7(13)10(15)18-11(16)8(9)14/h19H,3-6H2,1-2H3,(H,17,18). The largest absolute Gasteiger partial charge is 0.396 e. The molecule has 0 radical (unpaired) electrons. The van der Waals surface area contributed by atoms with Crippen LogP contribution < -0.4 is 5.32 Å². The van der Waals surface area contributed by atoms with Gasteiger partial charge in [0.05, 0.1) is 6.61 Å². The number of nitrogens with one attached hydrogen (secondary N) is 1. The Morgan fingerprint density at radius 2 is 1.53 bits per heavy atom. The first-order valence-corrected chi connectivity index (χ1v) is 5.95. The first-order chi connectivity index (χ1) is 8.90. The zero-order valence-electron chi connectivity index (χ0n) is 10.7. The van der Waals surface area contributed by atoms with Crippen LogP contribution in [0.5, 0.6) is 0 Å². The van der Waals surface area contributed by atoms with Crippen LogP contribution in [-0.2, 0) is 0 Å². The Labute approximate surface area is 108 Å². The number of aliphatic hydroxyl groups excluding tert-OH is 1. The van der Waals surface area contributed by atoms with Gasteiger partial charge in [-0.25, -0.2) is 0 Å². The van der Waals surface area contributed by atoms with Gasteiger partial charge in [-0.3, -0.25) is 0 Å². The van der Waals surface area contributed by atoms with Gasteiger partial charge in [-0.1, -0.05) is 13.8 Å². The summed E-state index contributed by atoms with van der Waals surface area (Å²) in [7, 11) is 0. The van der Waals surface area contributed by atoms with Gasteiger partial charge in [0, 0.05) is 12.0 Å². The van der Waals surface area contributed by atoms with Crippen LogP contribution in [0.3, 0.4) is 0 Å². The van der Waals surface area contributed by atoms with E-state index in [1.54, 1.807) is 0 Å². The van der Waals surface area contributed by atoms with Crippen LogP contribution in [0.4, 0.5) is 23.2 Å². The normalized spacial score (nSPS) is 11.7. The van der Waals surface area contributed by atoms with Crippen molar-refractivity contribution < 1.29 is 22.7 Å². The van der Waals surface area contributed by atoms with Gasteiger partial charge >= 0.3 is 0 Å². The molecular formula is C12H16F4N2O. The number of aromatic nitrogens is 1. The average Bonchev–Trinajstić information content (AvgIpc) is 2.41. The maximum absolute atomic E-state index is 13.4. The topological polar surface area (TPSA) is 45.1 Å². The molecule has 1 heterocycles. The average molecular weight is 280 g/mol. The summed E-state index contributed by atoms with van der Waals surface area (Å²) >= 11 is 0.